The molecule has 0 saturated heterocycles. The number of allylic oxidation sites excluding steroid dienone is 5. The molecular formula is C61H115NO5. The van der Waals surface area contributed by atoms with Crippen LogP contribution in [0.15, 0.2) is 36.5 Å². The number of rotatable bonds is 55. The SMILES string of the molecule is CCC/C=C\C/C=C\CCCCCCCC(=O)OCCCCCCCCCCCCCCCCCC(=O)NC(CO)C(O)/C=C/CCCCCCCCCCCCCCCCCCCCCC. The molecule has 67 heavy (non-hydrogen) atoms. The fourth-order valence-corrected chi connectivity index (χ4v) is 9.08. The second-order valence-corrected chi connectivity index (χ2v) is 20.3. The summed E-state index contributed by atoms with van der Waals surface area (Å²) in [5.41, 5.74) is 0. The van der Waals surface area contributed by atoms with Gasteiger partial charge in [-0.3, -0.25) is 9.59 Å². The van der Waals surface area contributed by atoms with Gasteiger partial charge in [-0.1, -0.05) is 281 Å². The summed E-state index contributed by atoms with van der Waals surface area (Å²) in [5.74, 6) is -0.0904. The zero-order valence-corrected chi connectivity index (χ0v) is 44.9. The molecule has 0 heterocycles. The van der Waals surface area contributed by atoms with Crippen LogP contribution in [0.1, 0.15) is 316 Å². The minimum Gasteiger partial charge on any atom is -0.466 e. The highest BCUT2D eigenvalue weighted by atomic mass is 16.5. The van der Waals surface area contributed by atoms with E-state index in [9.17, 15) is 19.8 Å². The van der Waals surface area contributed by atoms with E-state index in [1.54, 1.807) is 6.08 Å². The van der Waals surface area contributed by atoms with Crippen molar-refractivity contribution in [3.8, 4) is 0 Å². The molecule has 0 rings (SSSR count). The fourth-order valence-electron chi connectivity index (χ4n) is 9.08. The quantitative estimate of drug-likeness (QED) is 0.0321. The Morgan fingerprint density at radius 1 is 0.418 bits per heavy atom. The number of carbonyl (C=O) groups is 2. The molecule has 0 aromatic carbocycles. The number of esters is 1. The molecule has 0 aliphatic heterocycles. The topological polar surface area (TPSA) is 95.9 Å². The second-order valence-electron chi connectivity index (χ2n) is 20.3. The van der Waals surface area contributed by atoms with Crippen molar-refractivity contribution in [2.24, 2.45) is 0 Å². The van der Waals surface area contributed by atoms with Gasteiger partial charge in [0.15, 0.2) is 0 Å². The van der Waals surface area contributed by atoms with E-state index in [-0.39, 0.29) is 18.5 Å². The lowest BCUT2D eigenvalue weighted by Gasteiger charge is -2.20. The van der Waals surface area contributed by atoms with Gasteiger partial charge in [0.05, 0.1) is 25.4 Å². The van der Waals surface area contributed by atoms with Crippen molar-refractivity contribution in [2.75, 3.05) is 13.2 Å². The van der Waals surface area contributed by atoms with Crippen LogP contribution < -0.4 is 5.32 Å². The number of ether oxygens (including phenoxy) is 1. The van der Waals surface area contributed by atoms with E-state index in [1.807, 2.05) is 6.08 Å². The number of hydrogen-bond donors (Lipinski definition) is 3. The summed E-state index contributed by atoms with van der Waals surface area (Å²) >= 11 is 0. The molecule has 0 aromatic heterocycles. The third kappa shape index (κ3) is 53.3. The van der Waals surface area contributed by atoms with Crippen molar-refractivity contribution in [3.05, 3.63) is 36.5 Å². The van der Waals surface area contributed by atoms with Crippen molar-refractivity contribution in [2.45, 2.75) is 328 Å². The van der Waals surface area contributed by atoms with Gasteiger partial charge < -0.3 is 20.3 Å². The van der Waals surface area contributed by atoms with Gasteiger partial charge in [0.2, 0.25) is 5.91 Å². The van der Waals surface area contributed by atoms with Crippen LogP contribution in [0.25, 0.3) is 0 Å². The molecule has 0 fully saturated rings. The highest BCUT2D eigenvalue weighted by Gasteiger charge is 2.18. The van der Waals surface area contributed by atoms with Gasteiger partial charge in [-0.05, 0) is 57.8 Å². The number of unbranched alkanes of at least 4 members (excludes halogenated alkanes) is 40. The summed E-state index contributed by atoms with van der Waals surface area (Å²) in [6, 6.07) is -0.636. The average molecular weight is 943 g/mol. The van der Waals surface area contributed by atoms with Crippen molar-refractivity contribution in [3.63, 3.8) is 0 Å². The number of carbonyl (C=O) groups excluding carboxylic acids is 2. The van der Waals surface area contributed by atoms with Gasteiger partial charge in [-0.2, -0.15) is 0 Å². The Bertz CT molecular complexity index is 1090. The normalized spacial score (nSPS) is 12.8. The smallest absolute Gasteiger partial charge is 0.305 e. The maximum absolute atomic E-state index is 12.5. The van der Waals surface area contributed by atoms with Gasteiger partial charge in [0.1, 0.15) is 0 Å². The summed E-state index contributed by atoms with van der Waals surface area (Å²) in [6.45, 7) is 4.83. The third-order valence-electron chi connectivity index (χ3n) is 13.6. The molecule has 0 aliphatic rings. The first-order valence-electron chi connectivity index (χ1n) is 29.8. The molecule has 0 aromatic rings. The lowest BCUT2D eigenvalue weighted by atomic mass is 10.0. The van der Waals surface area contributed by atoms with E-state index >= 15 is 0 Å². The van der Waals surface area contributed by atoms with Crippen LogP contribution in [0.5, 0.6) is 0 Å². The molecule has 6 heteroatoms. The van der Waals surface area contributed by atoms with Crippen LogP contribution >= 0.6 is 0 Å². The molecule has 3 N–H and O–H groups in total. The number of aliphatic hydroxyl groups excluding tert-OH is 2. The summed E-state index contributed by atoms with van der Waals surface area (Å²) in [7, 11) is 0. The third-order valence-corrected chi connectivity index (χ3v) is 13.6. The Morgan fingerprint density at radius 3 is 1.19 bits per heavy atom. The van der Waals surface area contributed by atoms with Crippen LogP contribution in [-0.2, 0) is 14.3 Å². The number of aliphatic hydroxyl groups is 2. The van der Waals surface area contributed by atoms with Gasteiger partial charge in [-0.15, -0.1) is 0 Å². The molecule has 0 bridgehead atoms. The standard InChI is InChI=1S/C61H115NO5/c1-3-5-7-9-11-13-15-17-18-19-20-21-22-23-24-26-30-33-37-41-45-49-53-59(64)58(57-63)62-60(65)54-50-46-42-38-34-31-27-25-28-32-36-40-44-48-52-56-67-61(66)55-51-47-43-39-35-29-16-14-12-10-8-6-4-2/h8,10,14,16,49,53,58-59,63-64H,3-7,9,11-13,15,17-48,50-52,54-57H2,1-2H3,(H,62,65)/b10-8-,16-14-,53-49+. The van der Waals surface area contributed by atoms with Gasteiger partial charge in [-0.25, -0.2) is 0 Å². The molecule has 0 radical (unpaired) electrons. The fraction of sp³-hybridized carbons (Fsp3) is 0.869. The zero-order valence-electron chi connectivity index (χ0n) is 44.9. The molecule has 394 valence electrons. The number of nitrogens with one attached hydrogen (secondary N) is 1. The second kappa shape index (κ2) is 56.7. The molecule has 2 unspecified atom stereocenters. The first-order chi connectivity index (χ1) is 33.0. The van der Waals surface area contributed by atoms with Crippen LogP contribution in [0, 0.1) is 0 Å². The molecule has 0 saturated carbocycles. The molecule has 1 amide bonds. The Labute approximate surface area is 417 Å². The Balaban J connectivity index is 3.48. The average Bonchev–Trinajstić information content (AvgIpc) is 3.33. The minimum absolute atomic E-state index is 0.0156. The summed E-state index contributed by atoms with van der Waals surface area (Å²) in [4.78, 5) is 24.5. The Hall–Kier alpha value is -1.92. The Morgan fingerprint density at radius 2 is 0.776 bits per heavy atom. The van der Waals surface area contributed by atoms with Crippen molar-refractivity contribution < 1.29 is 24.5 Å². The first-order valence-corrected chi connectivity index (χ1v) is 29.8. The van der Waals surface area contributed by atoms with Crippen LogP contribution in [0.3, 0.4) is 0 Å². The highest BCUT2D eigenvalue weighted by molar-refractivity contribution is 5.76. The van der Waals surface area contributed by atoms with Gasteiger partial charge >= 0.3 is 5.97 Å². The highest BCUT2D eigenvalue weighted by Crippen LogP contribution is 2.17. The molecule has 2 atom stereocenters. The largest absolute Gasteiger partial charge is 0.466 e. The van der Waals surface area contributed by atoms with Crippen LogP contribution in [0.2, 0.25) is 0 Å². The summed E-state index contributed by atoms with van der Waals surface area (Å²) in [6.07, 6.45) is 70.2. The minimum atomic E-state index is -0.852. The van der Waals surface area contributed by atoms with Crippen molar-refractivity contribution in [1.82, 2.24) is 5.32 Å². The molecular weight excluding hydrogens is 827 g/mol. The predicted octanol–water partition coefficient (Wildman–Crippen LogP) is 18.4. The first kappa shape index (κ1) is 65.1. The number of amides is 1. The van der Waals surface area contributed by atoms with Crippen molar-refractivity contribution in [1.29, 1.82) is 0 Å². The van der Waals surface area contributed by atoms with Gasteiger partial charge in [0, 0.05) is 12.8 Å². The van der Waals surface area contributed by atoms with E-state index in [0.29, 0.717) is 19.4 Å². The van der Waals surface area contributed by atoms with E-state index < -0.39 is 12.1 Å². The van der Waals surface area contributed by atoms with E-state index in [0.717, 1.165) is 64.2 Å². The van der Waals surface area contributed by atoms with E-state index in [2.05, 4.69) is 43.5 Å². The van der Waals surface area contributed by atoms with E-state index in [4.69, 9.17) is 4.74 Å². The van der Waals surface area contributed by atoms with Crippen LogP contribution in [-0.4, -0.2) is 47.4 Å². The van der Waals surface area contributed by atoms with Gasteiger partial charge in [0.25, 0.3) is 0 Å². The van der Waals surface area contributed by atoms with Crippen LogP contribution in [0.4, 0.5) is 0 Å². The molecule has 0 aliphatic carbocycles. The lowest BCUT2D eigenvalue weighted by Crippen LogP contribution is -2.45. The zero-order chi connectivity index (χ0) is 48.6. The Kier molecular flexibility index (Phi) is 55.0. The van der Waals surface area contributed by atoms with Crippen molar-refractivity contribution >= 4 is 11.9 Å². The summed E-state index contributed by atoms with van der Waals surface area (Å²) < 4.78 is 5.46. The predicted molar refractivity (Wildman–Crippen MR) is 292 cm³/mol. The monoisotopic (exact) mass is 942 g/mol. The summed E-state index contributed by atoms with van der Waals surface area (Å²) in [5, 5.41) is 23.2. The maximum atomic E-state index is 12.5. The maximum Gasteiger partial charge on any atom is 0.305 e. The molecule has 0 spiro atoms. The molecule has 6 nitrogen and oxygen atoms in total. The lowest BCUT2D eigenvalue weighted by molar-refractivity contribution is -0.143. The number of hydrogen-bond acceptors (Lipinski definition) is 5. The van der Waals surface area contributed by atoms with E-state index in [1.165, 1.54) is 225 Å².